The Morgan fingerprint density at radius 1 is 1.04 bits per heavy atom. The average molecular weight is 348 g/mol. The van der Waals surface area contributed by atoms with Crippen LogP contribution in [-0.4, -0.2) is 18.2 Å². The number of nitrogens with zero attached hydrogens (tertiary/aromatic N) is 1. The van der Waals surface area contributed by atoms with Crippen LogP contribution in [0.3, 0.4) is 0 Å². The lowest BCUT2D eigenvalue weighted by atomic mass is 10.1. The van der Waals surface area contributed by atoms with Gasteiger partial charge in [-0.2, -0.15) is 0 Å². The van der Waals surface area contributed by atoms with Crippen molar-refractivity contribution in [3.63, 3.8) is 0 Å². The van der Waals surface area contributed by atoms with Crippen LogP contribution >= 0.6 is 7.60 Å². The Morgan fingerprint density at radius 2 is 1.67 bits per heavy atom. The fraction of sp³-hybridized carbons (Fsp3) is 0.389. The fourth-order valence-corrected chi connectivity index (χ4v) is 4.47. The highest BCUT2D eigenvalue weighted by atomic mass is 31.2. The zero-order chi connectivity index (χ0) is 17.4. The van der Waals surface area contributed by atoms with Crippen molar-refractivity contribution in [3.05, 3.63) is 66.0 Å². The third kappa shape index (κ3) is 4.74. The lowest BCUT2D eigenvalue weighted by Crippen LogP contribution is -2.27. The lowest BCUT2D eigenvalue weighted by molar-refractivity contribution is 0.205. The van der Waals surface area contributed by atoms with Crippen molar-refractivity contribution in [1.29, 1.82) is 0 Å². The first-order chi connectivity index (χ1) is 11.6. The predicted molar refractivity (Wildman–Crippen MR) is 95.8 cm³/mol. The van der Waals surface area contributed by atoms with Crippen LogP contribution in [-0.2, 0) is 13.6 Å². The Labute approximate surface area is 144 Å². The molecule has 1 aromatic heterocycles. The van der Waals surface area contributed by atoms with E-state index in [2.05, 4.69) is 10.3 Å². The molecule has 0 fully saturated rings. The van der Waals surface area contributed by atoms with Gasteiger partial charge in [0.1, 0.15) is 0 Å². The molecule has 0 aliphatic carbocycles. The van der Waals surface area contributed by atoms with E-state index in [-0.39, 0.29) is 6.04 Å². The first kappa shape index (κ1) is 18.8. The first-order valence-electron chi connectivity index (χ1n) is 8.21. The van der Waals surface area contributed by atoms with Crippen LogP contribution in [0.1, 0.15) is 43.9 Å². The normalized spacial score (nSPS) is 14.3. The average Bonchev–Trinajstić information content (AvgIpc) is 2.61. The number of benzene rings is 1. The van der Waals surface area contributed by atoms with Gasteiger partial charge in [-0.25, -0.2) is 0 Å². The largest absolute Gasteiger partial charge is 0.353 e. The number of hydrogen-bond acceptors (Lipinski definition) is 5. The van der Waals surface area contributed by atoms with E-state index in [1.54, 1.807) is 6.20 Å². The Hall–Kier alpha value is -1.52. The highest BCUT2D eigenvalue weighted by Gasteiger charge is 2.38. The Balaban J connectivity index is 2.34. The van der Waals surface area contributed by atoms with Crippen LogP contribution in [0.5, 0.6) is 0 Å². The van der Waals surface area contributed by atoms with Gasteiger partial charge < -0.3 is 9.05 Å². The summed E-state index contributed by atoms with van der Waals surface area (Å²) in [5, 5.41) is 3.38. The van der Waals surface area contributed by atoms with Crippen LogP contribution in [0.25, 0.3) is 0 Å². The van der Waals surface area contributed by atoms with E-state index >= 15 is 0 Å². The zero-order valence-electron chi connectivity index (χ0n) is 14.4. The van der Waals surface area contributed by atoms with Gasteiger partial charge in [0.25, 0.3) is 0 Å². The van der Waals surface area contributed by atoms with Crippen molar-refractivity contribution in [2.24, 2.45) is 0 Å². The summed E-state index contributed by atoms with van der Waals surface area (Å²) in [6, 6.07) is 15.5. The molecule has 2 atom stereocenters. The Morgan fingerprint density at radius 3 is 2.21 bits per heavy atom. The van der Waals surface area contributed by atoms with Gasteiger partial charge >= 0.3 is 7.60 Å². The monoisotopic (exact) mass is 348 g/mol. The van der Waals surface area contributed by atoms with Crippen molar-refractivity contribution < 1.29 is 13.6 Å². The molecule has 0 bridgehead atoms. The predicted octanol–water partition coefficient (Wildman–Crippen LogP) is 4.70. The van der Waals surface area contributed by atoms with E-state index in [9.17, 15) is 4.57 Å². The van der Waals surface area contributed by atoms with Crippen molar-refractivity contribution in [2.45, 2.75) is 32.6 Å². The van der Waals surface area contributed by atoms with Gasteiger partial charge in [0.15, 0.2) is 5.78 Å². The number of aromatic nitrogens is 1. The summed E-state index contributed by atoms with van der Waals surface area (Å²) in [5.74, 6) is -0.631. The molecule has 1 heterocycles. The van der Waals surface area contributed by atoms with Crippen LogP contribution in [0.2, 0.25) is 0 Å². The summed E-state index contributed by atoms with van der Waals surface area (Å²) >= 11 is 0. The molecule has 0 radical (unpaired) electrons. The van der Waals surface area contributed by atoms with Crippen molar-refractivity contribution in [3.8, 4) is 0 Å². The molecule has 0 aliphatic rings. The zero-order valence-corrected chi connectivity index (χ0v) is 15.3. The number of rotatable bonds is 9. The van der Waals surface area contributed by atoms with Crippen LogP contribution in [0.15, 0.2) is 54.7 Å². The summed E-state index contributed by atoms with van der Waals surface area (Å²) < 4.78 is 24.4. The number of pyridine rings is 1. The molecule has 1 N–H and O–H groups in total. The van der Waals surface area contributed by atoms with Crippen molar-refractivity contribution in [1.82, 2.24) is 10.3 Å². The van der Waals surface area contributed by atoms with E-state index in [1.165, 1.54) is 0 Å². The second-order valence-electron chi connectivity index (χ2n) is 5.33. The van der Waals surface area contributed by atoms with Crippen molar-refractivity contribution in [2.75, 3.05) is 13.2 Å². The fourth-order valence-electron chi connectivity index (χ4n) is 2.50. The van der Waals surface area contributed by atoms with Gasteiger partial charge in [-0.1, -0.05) is 36.4 Å². The second-order valence-corrected chi connectivity index (χ2v) is 7.44. The van der Waals surface area contributed by atoms with Gasteiger partial charge in [0, 0.05) is 12.2 Å². The summed E-state index contributed by atoms with van der Waals surface area (Å²) in [5.41, 5.74) is 1.74. The molecule has 5 nitrogen and oxygen atoms in total. The van der Waals surface area contributed by atoms with E-state index in [0.29, 0.717) is 18.9 Å². The third-order valence-electron chi connectivity index (χ3n) is 3.61. The number of nitrogens with one attached hydrogen (secondary N) is 1. The highest BCUT2D eigenvalue weighted by Crippen LogP contribution is 2.59. The third-order valence-corrected chi connectivity index (χ3v) is 5.89. The minimum Gasteiger partial charge on any atom is -0.308 e. The molecule has 0 amide bonds. The minimum atomic E-state index is -3.40. The minimum absolute atomic E-state index is 0.0348. The molecule has 130 valence electrons. The van der Waals surface area contributed by atoms with Gasteiger partial charge in [0.05, 0.1) is 18.9 Å². The summed E-state index contributed by atoms with van der Waals surface area (Å²) in [6.45, 7) is 6.25. The Kier molecular flexibility index (Phi) is 7.13. The Bertz CT molecular complexity index is 642. The molecule has 6 heteroatoms. The van der Waals surface area contributed by atoms with Gasteiger partial charge in [0.2, 0.25) is 0 Å². The summed E-state index contributed by atoms with van der Waals surface area (Å²) in [7, 11) is -3.40. The maximum Gasteiger partial charge on any atom is 0.353 e. The second kappa shape index (κ2) is 9.09. The quantitative estimate of drug-likeness (QED) is 0.666. The molecule has 2 rings (SSSR count). The molecule has 0 saturated carbocycles. The SMILES string of the molecule is CCOP(=O)(OCC)C(NC(C)c1ccccc1)c1ccccn1. The topological polar surface area (TPSA) is 60.5 Å². The van der Waals surface area contributed by atoms with Gasteiger partial charge in [-0.3, -0.25) is 14.9 Å². The summed E-state index contributed by atoms with van der Waals surface area (Å²) in [6.07, 6.45) is 1.68. The molecular formula is C18H25N2O3P. The maximum absolute atomic E-state index is 13.3. The molecule has 0 aliphatic heterocycles. The molecule has 0 saturated heterocycles. The van der Waals surface area contributed by atoms with Crippen LogP contribution < -0.4 is 5.32 Å². The van der Waals surface area contributed by atoms with Crippen LogP contribution in [0, 0.1) is 0 Å². The van der Waals surface area contributed by atoms with Gasteiger partial charge in [-0.15, -0.1) is 0 Å². The van der Waals surface area contributed by atoms with Gasteiger partial charge in [-0.05, 0) is 38.5 Å². The smallest absolute Gasteiger partial charge is 0.308 e. The highest BCUT2D eigenvalue weighted by molar-refractivity contribution is 7.54. The summed E-state index contributed by atoms with van der Waals surface area (Å²) in [4.78, 5) is 4.36. The van der Waals surface area contributed by atoms with Crippen molar-refractivity contribution >= 4 is 7.60 Å². The number of hydrogen-bond donors (Lipinski definition) is 1. The van der Waals surface area contributed by atoms with E-state index in [4.69, 9.17) is 9.05 Å². The first-order valence-corrected chi connectivity index (χ1v) is 9.82. The maximum atomic E-state index is 13.3. The van der Waals surface area contributed by atoms with Crippen LogP contribution in [0.4, 0.5) is 0 Å². The molecule has 2 aromatic rings. The molecule has 2 unspecified atom stereocenters. The molecular weight excluding hydrogens is 323 g/mol. The lowest BCUT2D eigenvalue weighted by Gasteiger charge is -2.29. The van der Waals surface area contributed by atoms with E-state index in [0.717, 1.165) is 5.56 Å². The molecule has 0 spiro atoms. The molecule has 1 aromatic carbocycles. The van der Waals surface area contributed by atoms with E-state index < -0.39 is 13.4 Å². The standard InChI is InChI=1S/C18H25N2O3P/c1-4-22-24(21,23-5-2)18(17-13-9-10-14-19-17)20-15(3)16-11-7-6-8-12-16/h6-15,18,20H,4-5H2,1-3H3. The van der Waals surface area contributed by atoms with E-state index in [1.807, 2.05) is 69.3 Å². The molecule has 24 heavy (non-hydrogen) atoms.